The lowest BCUT2D eigenvalue weighted by Crippen LogP contribution is -2.15. The monoisotopic (exact) mass is 357 g/mol. The Kier molecular flexibility index (Phi) is 14.2. The van der Waals surface area contributed by atoms with Gasteiger partial charge >= 0.3 is 5.97 Å². The second-order valence-corrected chi connectivity index (χ2v) is 5.23. The van der Waals surface area contributed by atoms with Crippen molar-refractivity contribution < 1.29 is 9.53 Å². The second-order valence-electron chi connectivity index (χ2n) is 5.23. The number of rotatable bonds is 8. The highest BCUT2D eigenvalue weighted by atomic mass is 16.5. The van der Waals surface area contributed by atoms with E-state index in [1.165, 1.54) is 13.2 Å². The quantitative estimate of drug-likeness (QED) is 0.211. The van der Waals surface area contributed by atoms with E-state index in [9.17, 15) is 4.79 Å². The van der Waals surface area contributed by atoms with Crippen molar-refractivity contribution in [2.45, 2.75) is 34.2 Å². The van der Waals surface area contributed by atoms with Gasteiger partial charge in [0, 0.05) is 12.6 Å². The molecule has 26 heavy (non-hydrogen) atoms. The van der Waals surface area contributed by atoms with Gasteiger partial charge in [-0.2, -0.15) is 5.11 Å². The predicted molar refractivity (Wildman–Crippen MR) is 109 cm³/mol. The number of hydrogen-bond acceptors (Lipinski definition) is 4. The number of nitrogens with zero attached hydrogens (tertiary/aromatic N) is 3. The number of benzene rings is 1. The van der Waals surface area contributed by atoms with Crippen LogP contribution < -0.4 is 0 Å². The molecule has 0 atom stereocenters. The van der Waals surface area contributed by atoms with Gasteiger partial charge in [0.2, 0.25) is 0 Å². The zero-order valence-corrected chi connectivity index (χ0v) is 16.6. The summed E-state index contributed by atoms with van der Waals surface area (Å²) in [5.74, 6) is -0.363. The average Bonchev–Trinajstić information content (AvgIpc) is 2.68. The smallest absolute Gasteiger partial charge is 0.330 e. The summed E-state index contributed by atoms with van der Waals surface area (Å²) < 4.78 is 4.58. The third-order valence-corrected chi connectivity index (χ3v) is 3.24. The van der Waals surface area contributed by atoms with Gasteiger partial charge in [-0.25, -0.2) is 4.79 Å². The molecule has 0 saturated heterocycles. The van der Waals surface area contributed by atoms with Crippen molar-refractivity contribution in [1.82, 2.24) is 5.01 Å². The van der Waals surface area contributed by atoms with Crippen LogP contribution in [-0.2, 0) is 16.1 Å². The number of carbonyl (C=O) groups is 1. The summed E-state index contributed by atoms with van der Waals surface area (Å²) >= 11 is 0. The van der Waals surface area contributed by atoms with Crippen molar-refractivity contribution in [3.63, 3.8) is 0 Å². The molecule has 0 radical (unpaired) electrons. The van der Waals surface area contributed by atoms with Crippen LogP contribution in [0.3, 0.4) is 0 Å². The fraction of sp³-hybridized carbons (Fsp3) is 0.381. The standard InChI is InChI=1S/C17H23N3O2.C4H8/c1-4-6-12-18-19-20(5-2)14-16-9-7-8-15(13-16)10-11-17(21)22-3;1-3-4-2/h4,6-11,13H,5,12,14H2,1-3H3;3-4H,1-2H3/b6-4+,11-10+,19-18?;4-3-. The van der Waals surface area contributed by atoms with Crippen molar-refractivity contribution >= 4 is 12.0 Å². The molecule has 1 aromatic rings. The topological polar surface area (TPSA) is 54.3 Å². The molecular weight excluding hydrogens is 326 g/mol. The second kappa shape index (κ2) is 15.8. The third kappa shape index (κ3) is 11.8. The van der Waals surface area contributed by atoms with Crippen LogP contribution in [0.4, 0.5) is 0 Å². The van der Waals surface area contributed by atoms with Gasteiger partial charge in [-0.3, -0.25) is 5.01 Å². The summed E-state index contributed by atoms with van der Waals surface area (Å²) in [6.45, 7) is 10.0. The number of ether oxygens (including phenoxy) is 1. The first-order valence-corrected chi connectivity index (χ1v) is 8.76. The molecule has 0 aliphatic rings. The molecule has 142 valence electrons. The van der Waals surface area contributed by atoms with E-state index in [0.717, 1.165) is 17.7 Å². The van der Waals surface area contributed by atoms with E-state index >= 15 is 0 Å². The molecule has 0 N–H and O–H groups in total. The largest absolute Gasteiger partial charge is 0.466 e. The number of carbonyl (C=O) groups excluding carboxylic acids is 1. The van der Waals surface area contributed by atoms with E-state index in [1.54, 1.807) is 6.08 Å². The molecule has 0 fully saturated rings. The molecular formula is C21H31N3O2. The van der Waals surface area contributed by atoms with Gasteiger partial charge in [-0.1, -0.05) is 47.7 Å². The first-order valence-electron chi connectivity index (χ1n) is 8.76. The van der Waals surface area contributed by atoms with Crippen molar-refractivity contribution in [3.05, 3.63) is 65.8 Å². The maximum Gasteiger partial charge on any atom is 0.330 e. The Labute approximate surface area is 157 Å². The van der Waals surface area contributed by atoms with Crippen LogP contribution in [-0.4, -0.2) is 31.2 Å². The molecule has 0 aromatic heterocycles. The van der Waals surface area contributed by atoms with Crippen LogP contribution in [0.25, 0.3) is 6.08 Å². The van der Waals surface area contributed by atoms with Crippen molar-refractivity contribution in [2.75, 3.05) is 20.2 Å². The number of hydrogen-bond donors (Lipinski definition) is 0. The van der Waals surface area contributed by atoms with Crippen LogP contribution in [0.15, 0.2) is 65.0 Å². The maximum absolute atomic E-state index is 11.1. The number of methoxy groups -OCH3 is 1. The Hall–Kier alpha value is -2.69. The minimum atomic E-state index is -0.363. The summed E-state index contributed by atoms with van der Waals surface area (Å²) in [6.07, 6.45) is 11.1. The van der Waals surface area contributed by atoms with Crippen molar-refractivity contribution in [1.29, 1.82) is 0 Å². The Bertz CT molecular complexity index is 615. The Morgan fingerprint density at radius 3 is 2.50 bits per heavy atom. The lowest BCUT2D eigenvalue weighted by molar-refractivity contribution is -0.134. The van der Waals surface area contributed by atoms with Crippen molar-refractivity contribution in [3.8, 4) is 0 Å². The molecule has 0 heterocycles. The maximum atomic E-state index is 11.1. The highest BCUT2D eigenvalue weighted by Gasteiger charge is 2.01. The van der Waals surface area contributed by atoms with Gasteiger partial charge in [-0.15, -0.1) is 0 Å². The Morgan fingerprint density at radius 2 is 1.92 bits per heavy atom. The molecule has 0 amide bonds. The average molecular weight is 357 g/mol. The van der Waals surface area contributed by atoms with Crippen LogP contribution in [0.2, 0.25) is 0 Å². The number of allylic oxidation sites excluding steroid dienone is 3. The van der Waals surface area contributed by atoms with E-state index in [-0.39, 0.29) is 5.97 Å². The van der Waals surface area contributed by atoms with Crippen LogP contribution >= 0.6 is 0 Å². The van der Waals surface area contributed by atoms with E-state index in [2.05, 4.69) is 15.1 Å². The molecule has 1 aromatic carbocycles. The molecule has 1 rings (SSSR count). The first kappa shape index (κ1) is 23.3. The summed E-state index contributed by atoms with van der Waals surface area (Å²) in [5.41, 5.74) is 2.06. The summed E-state index contributed by atoms with van der Waals surface area (Å²) in [7, 11) is 1.36. The molecule has 5 nitrogen and oxygen atoms in total. The summed E-state index contributed by atoms with van der Waals surface area (Å²) in [4.78, 5) is 11.1. The van der Waals surface area contributed by atoms with Gasteiger partial charge in [0.1, 0.15) is 0 Å². The zero-order valence-electron chi connectivity index (χ0n) is 16.6. The zero-order chi connectivity index (χ0) is 19.6. The predicted octanol–water partition coefficient (Wildman–Crippen LogP) is 5.22. The Balaban J connectivity index is 0.00000141. The minimum Gasteiger partial charge on any atom is -0.466 e. The third-order valence-electron chi connectivity index (χ3n) is 3.24. The van der Waals surface area contributed by atoms with Gasteiger partial charge in [-0.05, 0) is 51.0 Å². The van der Waals surface area contributed by atoms with Gasteiger partial charge in [0.15, 0.2) is 0 Å². The fourth-order valence-corrected chi connectivity index (χ4v) is 1.72. The lowest BCUT2D eigenvalue weighted by Gasteiger charge is -2.15. The number of esters is 1. The molecule has 0 bridgehead atoms. The first-order chi connectivity index (χ1) is 12.6. The van der Waals surface area contributed by atoms with E-state index in [4.69, 9.17) is 0 Å². The lowest BCUT2D eigenvalue weighted by atomic mass is 10.1. The minimum absolute atomic E-state index is 0.363. The highest BCUT2D eigenvalue weighted by Crippen LogP contribution is 2.10. The van der Waals surface area contributed by atoms with E-state index in [0.29, 0.717) is 13.1 Å². The fourth-order valence-electron chi connectivity index (χ4n) is 1.72. The van der Waals surface area contributed by atoms with Gasteiger partial charge < -0.3 is 4.74 Å². The summed E-state index contributed by atoms with van der Waals surface area (Å²) in [5, 5.41) is 10.2. The molecule has 0 aliphatic heterocycles. The molecule has 0 aliphatic carbocycles. The molecule has 5 heteroatoms. The molecule has 0 spiro atoms. The Morgan fingerprint density at radius 1 is 1.19 bits per heavy atom. The SMILES string of the molecule is C/C=C/CN=NN(CC)Cc1cccc(/C=C/C(=O)OC)c1.C/C=C\C. The van der Waals surface area contributed by atoms with Gasteiger partial charge in [0.25, 0.3) is 0 Å². The highest BCUT2D eigenvalue weighted by molar-refractivity contribution is 5.86. The molecule has 0 saturated carbocycles. The van der Waals surface area contributed by atoms with E-state index in [1.807, 2.05) is 81.3 Å². The van der Waals surface area contributed by atoms with E-state index < -0.39 is 0 Å². The summed E-state index contributed by atoms with van der Waals surface area (Å²) in [6, 6.07) is 7.94. The van der Waals surface area contributed by atoms with Crippen LogP contribution in [0.1, 0.15) is 38.8 Å². The van der Waals surface area contributed by atoms with Crippen molar-refractivity contribution in [2.24, 2.45) is 10.3 Å². The van der Waals surface area contributed by atoms with Crippen LogP contribution in [0, 0.1) is 0 Å². The van der Waals surface area contributed by atoms with Crippen LogP contribution in [0.5, 0.6) is 0 Å². The normalized spacial score (nSPS) is 11.3. The van der Waals surface area contributed by atoms with Gasteiger partial charge in [0.05, 0.1) is 20.2 Å². The molecule has 0 unspecified atom stereocenters.